The number of aliphatic imine (C=N–C) groups is 1. The largest absolute Gasteiger partial charge is 0.493 e. The third kappa shape index (κ3) is 7.99. The highest BCUT2D eigenvalue weighted by molar-refractivity contribution is 6.04. The number of methoxy groups -OCH3 is 1. The van der Waals surface area contributed by atoms with Gasteiger partial charge in [0.1, 0.15) is 5.69 Å². The Bertz CT molecular complexity index is 2000. The van der Waals surface area contributed by atoms with Gasteiger partial charge in [-0.2, -0.15) is 0 Å². The molecule has 15 heteroatoms. The van der Waals surface area contributed by atoms with E-state index in [4.69, 9.17) is 14.6 Å². The fraction of sp³-hybridized carbons (Fsp3) is 0.351. The van der Waals surface area contributed by atoms with Gasteiger partial charge in [-0.05, 0) is 55.5 Å². The molecule has 0 unspecified atom stereocenters. The van der Waals surface area contributed by atoms with E-state index in [0.717, 1.165) is 24.0 Å². The molecule has 4 aromatic rings. The summed E-state index contributed by atoms with van der Waals surface area (Å²) in [6.07, 6.45) is 8.08. The maximum atomic E-state index is 13.1. The molecule has 0 bridgehead atoms. The monoisotopic (exact) mass is 710 g/mol. The zero-order chi connectivity index (χ0) is 36.8. The minimum atomic E-state index is -0.452. The van der Waals surface area contributed by atoms with Crippen LogP contribution in [0.2, 0.25) is 0 Å². The van der Waals surface area contributed by atoms with Crippen molar-refractivity contribution in [2.45, 2.75) is 38.1 Å². The van der Waals surface area contributed by atoms with Crippen LogP contribution in [0.4, 0.5) is 17.2 Å². The number of anilines is 2. The molecule has 2 aliphatic heterocycles. The standard InChI is InChI=1S/C37H42N8O7/c1-43-21-24(17-29(43)35(48)38-13-6-15-46)23-9-11-25(12-10-23)40-36(49)34-42-32(22-44(34)2)41-33(47)8-5-16-52-31-19-28-27(18-30(31)51-3)37(50)45-14-4-7-26(45)20-39-28/h9-12,17-22,26,46H,4-8,13-16H2,1-3H3,(H,38,48)(H,40,49)(H,41,47)/t26-/m0/s1. The summed E-state index contributed by atoms with van der Waals surface area (Å²) in [4.78, 5) is 62.1. The maximum Gasteiger partial charge on any atom is 0.291 e. The quantitative estimate of drug-likeness (QED) is 0.142. The van der Waals surface area contributed by atoms with Crippen LogP contribution in [0, 0.1) is 0 Å². The zero-order valence-corrected chi connectivity index (χ0v) is 29.3. The molecule has 4 amide bonds. The molecule has 15 nitrogen and oxygen atoms in total. The first-order chi connectivity index (χ1) is 25.1. The normalized spacial score (nSPS) is 14.7. The summed E-state index contributed by atoms with van der Waals surface area (Å²) in [5.41, 5.74) is 3.74. The fourth-order valence-electron chi connectivity index (χ4n) is 6.23. The Morgan fingerprint density at radius 1 is 0.962 bits per heavy atom. The highest BCUT2D eigenvalue weighted by Gasteiger charge is 2.32. The number of rotatable bonds is 14. The molecule has 4 N–H and O–H groups in total. The second-order valence-electron chi connectivity index (χ2n) is 12.7. The number of fused-ring (bicyclic) bond motifs is 2. The number of imidazole rings is 1. The number of carbonyl (C=O) groups excluding carboxylic acids is 4. The molecule has 2 aromatic carbocycles. The highest BCUT2D eigenvalue weighted by atomic mass is 16.5. The summed E-state index contributed by atoms with van der Waals surface area (Å²) >= 11 is 0. The van der Waals surface area contributed by atoms with Crippen molar-refractivity contribution in [1.29, 1.82) is 0 Å². The number of hydrogen-bond donors (Lipinski definition) is 4. The predicted molar refractivity (Wildman–Crippen MR) is 195 cm³/mol. The smallest absolute Gasteiger partial charge is 0.291 e. The van der Waals surface area contributed by atoms with E-state index in [1.54, 1.807) is 55.2 Å². The average molecular weight is 711 g/mol. The molecule has 0 aliphatic carbocycles. The van der Waals surface area contributed by atoms with Gasteiger partial charge in [0.2, 0.25) is 11.7 Å². The number of aromatic nitrogens is 3. The van der Waals surface area contributed by atoms with Crippen molar-refractivity contribution in [1.82, 2.24) is 24.3 Å². The molecular weight excluding hydrogens is 668 g/mol. The number of benzene rings is 2. The van der Waals surface area contributed by atoms with Crippen molar-refractivity contribution in [2.75, 3.05) is 44.0 Å². The second kappa shape index (κ2) is 15.9. The van der Waals surface area contributed by atoms with Crippen molar-refractivity contribution in [3.05, 3.63) is 71.9 Å². The van der Waals surface area contributed by atoms with Crippen molar-refractivity contribution >= 4 is 47.0 Å². The summed E-state index contributed by atoms with van der Waals surface area (Å²) in [6, 6.07) is 12.3. The summed E-state index contributed by atoms with van der Waals surface area (Å²) in [6.45, 7) is 1.32. The second-order valence-corrected chi connectivity index (χ2v) is 12.7. The molecule has 4 heterocycles. The number of aryl methyl sites for hydroxylation is 2. The predicted octanol–water partition coefficient (Wildman–Crippen LogP) is 3.92. The molecule has 6 rings (SSSR count). The third-order valence-corrected chi connectivity index (χ3v) is 8.94. The minimum Gasteiger partial charge on any atom is -0.493 e. The lowest BCUT2D eigenvalue weighted by atomic mass is 10.1. The first kappa shape index (κ1) is 35.9. The van der Waals surface area contributed by atoms with Gasteiger partial charge in [-0.3, -0.25) is 24.2 Å². The molecule has 0 radical (unpaired) electrons. The van der Waals surface area contributed by atoms with Crippen molar-refractivity contribution < 1.29 is 33.8 Å². The van der Waals surface area contributed by atoms with E-state index in [0.29, 0.717) is 60.1 Å². The van der Waals surface area contributed by atoms with Gasteiger partial charge >= 0.3 is 0 Å². The van der Waals surface area contributed by atoms with E-state index in [-0.39, 0.29) is 55.0 Å². The lowest BCUT2D eigenvalue weighted by Gasteiger charge is -2.20. The molecule has 1 saturated heterocycles. The number of nitrogens with zero attached hydrogens (tertiary/aromatic N) is 5. The van der Waals surface area contributed by atoms with Crippen LogP contribution in [0.3, 0.4) is 0 Å². The van der Waals surface area contributed by atoms with Gasteiger partial charge in [-0.25, -0.2) is 4.98 Å². The lowest BCUT2D eigenvalue weighted by Crippen LogP contribution is -2.35. The van der Waals surface area contributed by atoms with Gasteiger partial charge < -0.3 is 44.6 Å². The summed E-state index contributed by atoms with van der Waals surface area (Å²) in [5, 5.41) is 17.3. The van der Waals surface area contributed by atoms with E-state index >= 15 is 0 Å². The molecule has 2 aliphatic rings. The van der Waals surface area contributed by atoms with Crippen LogP contribution >= 0.6 is 0 Å². The number of carbonyl (C=O) groups is 4. The van der Waals surface area contributed by atoms with Gasteiger partial charge in [0, 0.05) is 76.1 Å². The van der Waals surface area contributed by atoms with E-state index < -0.39 is 5.91 Å². The first-order valence-electron chi connectivity index (χ1n) is 17.2. The number of aliphatic hydroxyl groups excluding tert-OH is 1. The van der Waals surface area contributed by atoms with Crippen LogP contribution in [0.15, 0.2) is 59.9 Å². The minimum absolute atomic E-state index is 0.00116. The molecule has 0 spiro atoms. The van der Waals surface area contributed by atoms with Crippen LogP contribution in [0.5, 0.6) is 11.5 Å². The summed E-state index contributed by atoms with van der Waals surface area (Å²) < 4.78 is 14.7. The number of hydrogen-bond acceptors (Lipinski definition) is 9. The van der Waals surface area contributed by atoms with Crippen molar-refractivity contribution in [3.8, 4) is 22.6 Å². The van der Waals surface area contributed by atoms with Gasteiger partial charge in [0.15, 0.2) is 17.3 Å². The molecule has 1 fully saturated rings. The fourth-order valence-corrected chi connectivity index (χ4v) is 6.23. The van der Waals surface area contributed by atoms with Crippen LogP contribution < -0.4 is 25.4 Å². The Morgan fingerprint density at radius 2 is 1.77 bits per heavy atom. The van der Waals surface area contributed by atoms with E-state index in [2.05, 4.69) is 25.9 Å². The third-order valence-electron chi connectivity index (χ3n) is 8.94. The first-order valence-corrected chi connectivity index (χ1v) is 17.2. The molecule has 1 atom stereocenters. The number of aliphatic hydroxyl groups is 1. The average Bonchev–Trinajstić information content (AvgIpc) is 3.85. The van der Waals surface area contributed by atoms with Crippen LogP contribution in [-0.2, 0) is 18.9 Å². The maximum absolute atomic E-state index is 13.1. The number of ether oxygens (including phenoxy) is 2. The van der Waals surface area contributed by atoms with Crippen LogP contribution in [-0.4, -0.2) is 93.4 Å². The molecule has 0 saturated carbocycles. The Kier molecular flexibility index (Phi) is 11.0. The Labute approximate surface area is 300 Å². The number of nitrogens with one attached hydrogen (secondary N) is 3. The van der Waals surface area contributed by atoms with Gasteiger partial charge in [-0.1, -0.05) is 12.1 Å². The topological polar surface area (TPSA) is 181 Å². The van der Waals surface area contributed by atoms with E-state index in [1.807, 2.05) is 29.4 Å². The van der Waals surface area contributed by atoms with Crippen molar-refractivity contribution in [3.63, 3.8) is 0 Å². The molecular formula is C37H42N8O7. The van der Waals surface area contributed by atoms with Crippen LogP contribution in [0.1, 0.15) is 63.6 Å². The zero-order valence-electron chi connectivity index (χ0n) is 29.3. The lowest BCUT2D eigenvalue weighted by molar-refractivity contribution is -0.116. The van der Waals surface area contributed by atoms with Gasteiger partial charge in [-0.15, -0.1) is 0 Å². The molecule has 52 heavy (non-hydrogen) atoms. The molecule has 272 valence electrons. The van der Waals surface area contributed by atoms with Crippen LogP contribution in [0.25, 0.3) is 11.1 Å². The van der Waals surface area contributed by atoms with Crippen molar-refractivity contribution in [2.24, 2.45) is 19.1 Å². The Balaban J connectivity index is 0.989. The Morgan fingerprint density at radius 3 is 2.54 bits per heavy atom. The SMILES string of the molecule is COc1cc2c(cc1OCCCC(=O)Nc1cn(C)c(C(=O)Nc3ccc(-c4cc(C(=O)NCCCO)n(C)c4)cc3)n1)N=C[C@@H]1CCCN1C2=O. The Hall–Kier alpha value is -5.96. The summed E-state index contributed by atoms with van der Waals surface area (Å²) in [7, 11) is 4.96. The summed E-state index contributed by atoms with van der Waals surface area (Å²) in [5.74, 6) is 0.172. The van der Waals surface area contributed by atoms with E-state index in [1.165, 1.54) is 11.7 Å². The highest BCUT2D eigenvalue weighted by Crippen LogP contribution is 2.38. The molecule has 2 aromatic heterocycles. The number of amides is 4. The van der Waals surface area contributed by atoms with E-state index in [9.17, 15) is 19.2 Å². The van der Waals surface area contributed by atoms with Gasteiger partial charge in [0.05, 0.1) is 31.0 Å². The van der Waals surface area contributed by atoms with Gasteiger partial charge in [0.25, 0.3) is 17.7 Å².